The lowest BCUT2D eigenvalue weighted by molar-refractivity contribution is 0.591. The molecule has 0 aliphatic heterocycles. The van der Waals surface area contributed by atoms with Crippen LogP contribution in [0.5, 0.6) is 0 Å². The molecule has 0 fully saturated rings. The predicted octanol–water partition coefficient (Wildman–Crippen LogP) is 3.07. The Morgan fingerprint density at radius 1 is 1.41 bits per heavy atom. The predicted molar refractivity (Wildman–Crippen MR) is 74.4 cm³/mol. The number of nitrogens with zero attached hydrogens (tertiary/aromatic N) is 1. The van der Waals surface area contributed by atoms with Crippen LogP contribution >= 0.6 is 11.3 Å². The van der Waals surface area contributed by atoms with Gasteiger partial charge in [0.05, 0.1) is 0 Å². The zero-order chi connectivity index (χ0) is 12.1. The van der Waals surface area contributed by atoms with Crippen molar-refractivity contribution in [2.45, 2.75) is 38.8 Å². The van der Waals surface area contributed by atoms with E-state index in [9.17, 15) is 0 Å². The molecule has 0 spiro atoms. The van der Waals surface area contributed by atoms with Gasteiger partial charge in [0, 0.05) is 30.9 Å². The van der Waals surface area contributed by atoms with Gasteiger partial charge >= 0.3 is 0 Å². The lowest BCUT2D eigenvalue weighted by atomic mass is 10.1. The summed E-state index contributed by atoms with van der Waals surface area (Å²) in [4.78, 5) is 0. The van der Waals surface area contributed by atoms with E-state index in [1.165, 1.54) is 11.3 Å². The van der Waals surface area contributed by atoms with E-state index in [0.717, 1.165) is 25.8 Å². The lowest BCUT2D eigenvalue weighted by Gasteiger charge is -2.12. The van der Waals surface area contributed by atoms with Crippen LogP contribution in [0.3, 0.4) is 0 Å². The first-order chi connectivity index (χ1) is 8.29. The van der Waals surface area contributed by atoms with Gasteiger partial charge in [0.25, 0.3) is 0 Å². The molecule has 0 aliphatic rings. The number of aryl methyl sites for hydroxylation is 2. The molecule has 0 bridgehead atoms. The Hall–Kier alpha value is -1.06. The standard InChI is InChI=1S/C14H20N2S/c1-2-13(15)10-14-4-3-7-16(14)8-5-12-6-9-17-11-12/h3-4,6-7,9,11,13H,2,5,8,10,15H2,1H3. The summed E-state index contributed by atoms with van der Waals surface area (Å²) >= 11 is 1.77. The van der Waals surface area contributed by atoms with Crippen molar-refractivity contribution in [1.29, 1.82) is 0 Å². The SMILES string of the molecule is CCC(N)Cc1cccn1CCc1ccsc1. The summed E-state index contributed by atoms with van der Waals surface area (Å²) < 4.78 is 2.33. The molecular formula is C14H20N2S. The number of hydrogen-bond donors (Lipinski definition) is 1. The van der Waals surface area contributed by atoms with Gasteiger partial charge in [-0.05, 0) is 47.4 Å². The van der Waals surface area contributed by atoms with E-state index < -0.39 is 0 Å². The second kappa shape index (κ2) is 6.03. The summed E-state index contributed by atoms with van der Waals surface area (Å²) in [6, 6.07) is 6.78. The number of hydrogen-bond acceptors (Lipinski definition) is 2. The highest BCUT2D eigenvalue weighted by molar-refractivity contribution is 7.07. The van der Waals surface area contributed by atoms with Crippen molar-refractivity contribution in [3.8, 4) is 0 Å². The van der Waals surface area contributed by atoms with Crippen LogP contribution in [0.2, 0.25) is 0 Å². The highest BCUT2D eigenvalue weighted by Crippen LogP contribution is 2.11. The molecule has 0 saturated heterocycles. The van der Waals surface area contributed by atoms with Gasteiger partial charge in [-0.25, -0.2) is 0 Å². The minimum Gasteiger partial charge on any atom is -0.351 e. The van der Waals surface area contributed by atoms with Crippen LogP contribution in [0.4, 0.5) is 0 Å². The van der Waals surface area contributed by atoms with E-state index in [-0.39, 0.29) is 6.04 Å². The van der Waals surface area contributed by atoms with E-state index in [1.807, 2.05) is 0 Å². The topological polar surface area (TPSA) is 30.9 Å². The van der Waals surface area contributed by atoms with Crippen molar-refractivity contribution in [3.63, 3.8) is 0 Å². The van der Waals surface area contributed by atoms with Crippen LogP contribution in [0.1, 0.15) is 24.6 Å². The van der Waals surface area contributed by atoms with Crippen LogP contribution in [-0.4, -0.2) is 10.6 Å². The fourth-order valence-electron chi connectivity index (χ4n) is 1.95. The van der Waals surface area contributed by atoms with Gasteiger partial charge in [0.2, 0.25) is 0 Å². The summed E-state index contributed by atoms with van der Waals surface area (Å²) in [5, 5.41) is 4.36. The summed E-state index contributed by atoms with van der Waals surface area (Å²) in [7, 11) is 0. The van der Waals surface area contributed by atoms with Crippen molar-refractivity contribution < 1.29 is 0 Å². The van der Waals surface area contributed by atoms with Crippen molar-refractivity contribution in [2.75, 3.05) is 0 Å². The van der Waals surface area contributed by atoms with Crippen molar-refractivity contribution in [3.05, 3.63) is 46.4 Å². The third-order valence-electron chi connectivity index (χ3n) is 3.14. The van der Waals surface area contributed by atoms with Gasteiger partial charge in [0.15, 0.2) is 0 Å². The van der Waals surface area contributed by atoms with Gasteiger partial charge in [-0.15, -0.1) is 0 Å². The molecule has 92 valence electrons. The fourth-order valence-corrected chi connectivity index (χ4v) is 2.65. The summed E-state index contributed by atoms with van der Waals surface area (Å²) in [5.41, 5.74) is 8.79. The van der Waals surface area contributed by atoms with Gasteiger partial charge in [-0.3, -0.25) is 0 Å². The van der Waals surface area contributed by atoms with Gasteiger partial charge in [-0.1, -0.05) is 6.92 Å². The Morgan fingerprint density at radius 2 is 2.29 bits per heavy atom. The Kier molecular flexibility index (Phi) is 4.40. The molecule has 2 N–H and O–H groups in total. The first-order valence-electron chi connectivity index (χ1n) is 6.20. The summed E-state index contributed by atoms with van der Waals surface area (Å²) in [5.74, 6) is 0. The minimum atomic E-state index is 0.282. The molecule has 1 atom stereocenters. The van der Waals surface area contributed by atoms with E-state index >= 15 is 0 Å². The average Bonchev–Trinajstić information content (AvgIpc) is 2.97. The fraction of sp³-hybridized carbons (Fsp3) is 0.429. The maximum atomic E-state index is 6.01. The van der Waals surface area contributed by atoms with E-state index in [0.29, 0.717) is 0 Å². The Labute approximate surface area is 107 Å². The van der Waals surface area contributed by atoms with Crippen LogP contribution in [-0.2, 0) is 19.4 Å². The van der Waals surface area contributed by atoms with Crippen molar-refractivity contribution >= 4 is 11.3 Å². The summed E-state index contributed by atoms with van der Waals surface area (Å²) in [6.07, 6.45) is 5.28. The zero-order valence-corrected chi connectivity index (χ0v) is 11.1. The molecule has 1 unspecified atom stereocenters. The monoisotopic (exact) mass is 248 g/mol. The maximum Gasteiger partial charge on any atom is 0.0263 e. The average molecular weight is 248 g/mol. The Morgan fingerprint density at radius 3 is 3.00 bits per heavy atom. The second-order valence-corrected chi connectivity index (χ2v) is 5.23. The molecule has 0 aromatic carbocycles. The van der Waals surface area contributed by atoms with Crippen molar-refractivity contribution in [2.24, 2.45) is 5.73 Å². The summed E-state index contributed by atoms with van der Waals surface area (Å²) in [6.45, 7) is 3.19. The molecule has 0 radical (unpaired) electrons. The van der Waals surface area contributed by atoms with E-state index in [2.05, 4.69) is 46.6 Å². The normalized spacial score (nSPS) is 12.8. The minimum absolute atomic E-state index is 0.282. The Bertz CT molecular complexity index is 431. The molecule has 2 aromatic heterocycles. The molecule has 0 saturated carbocycles. The number of nitrogens with two attached hydrogens (primary N) is 1. The molecule has 2 rings (SSSR count). The van der Waals surface area contributed by atoms with Gasteiger partial charge in [0.1, 0.15) is 0 Å². The molecule has 2 nitrogen and oxygen atoms in total. The van der Waals surface area contributed by atoms with E-state index in [1.54, 1.807) is 11.3 Å². The number of rotatable bonds is 6. The smallest absolute Gasteiger partial charge is 0.0263 e. The molecule has 2 heterocycles. The molecular weight excluding hydrogens is 228 g/mol. The van der Waals surface area contributed by atoms with Gasteiger partial charge < -0.3 is 10.3 Å². The van der Waals surface area contributed by atoms with Crippen LogP contribution in [0.15, 0.2) is 35.2 Å². The largest absolute Gasteiger partial charge is 0.351 e. The first kappa shape index (κ1) is 12.4. The van der Waals surface area contributed by atoms with E-state index in [4.69, 9.17) is 5.73 Å². The highest BCUT2D eigenvalue weighted by atomic mass is 32.1. The van der Waals surface area contributed by atoms with Crippen LogP contribution in [0.25, 0.3) is 0 Å². The lowest BCUT2D eigenvalue weighted by Crippen LogP contribution is -2.23. The zero-order valence-electron chi connectivity index (χ0n) is 10.3. The number of aromatic nitrogens is 1. The number of thiophene rings is 1. The Balaban J connectivity index is 1.94. The molecule has 2 aromatic rings. The van der Waals surface area contributed by atoms with Crippen LogP contribution in [0, 0.1) is 0 Å². The molecule has 17 heavy (non-hydrogen) atoms. The quantitative estimate of drug-likeness (QED) is 0.837. The first-order valence-corrected chi connectivity index (χ1v) is 7.14. The molecule has 0 amide bonds. The second-order valence-electron chi connectivity index (χ2n) is 4.45. The third kappa shape index (κ3) is 3.45. The van der Waals surface area contributed by atoms with Crippen LogP contribution < -0.4 is 5.73 Å². The molecule has 0 aliphatic carbocycles. The van der Waals surface area contributed by atoms with Gasteiger partial charge in [-0.2, -0.15) is 11.3 Å². The highest BCUT2D eigenvalue weighted by Gasteiger charge is 2.06. The van der Waals surface area contributed by atoms with Crippen molar-refractivity contribution in [1.82, 2.24) is 4.57 Å². The maximum absolute atomic E-state index is 6.01. The third-order valence-corrected chi connectivity index (χ3v) is 3.87. The molecule has 3 heteroatoms.